The SMILES string of the molecule is CN1CCCC(n2cc(N)cn2)CC1. The van der Waals surface area contributed by atoms with Gasteiger partial charge >= 0.3 is 0 Å². The average molecular weight is 194 g/mol. The molecule has 0 radical (unpaired) electrons. The summed E-state index contributed by atoms with van der Waals surface area (Å²) in [5, 5.41) is 4.28. The van der Waals surface area contributed by atoms with Crippen LogP contribution in [0.1, 0.15) is 25.3 Å². The van der Waals surface area contributed by atoms with E-state index in [4.69, 9.17) is 5.73 Å². The summed E-state index contributed by atoms with van der Waals surface area (Å²) in [6.45, 7) is 2.36. The molecule has 2 rings (SSSR count). The third-order valence-corrected chi connectivity index (χ3v) is 2.92. The van der Waals surface area contributed by atoms with Crippen LogP contribution in [0.2, 0.25) is 0 Å². The van der Waals surface area contributed by atoms with Gasteiger partial charge in [0.05, 0.1) is 17.9 Å². The van der Waals surface area contributed by atoms with Crippen molar-refractivity contribution < 1.29 is 0 Å². The van der Waals surface area contributed by atoms with Crippen LogP contribution >= 0.6 is 0 Å². The summed E-state index contributed by atoms with van der Waals surface area (Å²) in [6.07, 6.45) is 7.31. The second-order valence-corrected chi connectivity index (χ2v) is 4.14. The van der Waals surface area contributed by atoms with Crippen LogP contribution in [-0.4, -0.2) is 34.8 Å². The van der Waals surface area contributed by atoms with Gasteiger partial charge in [-0.25, -0.2) is 0 Å². The normalized spacial score (nSPS) is 24.8. The number of aromatic nitrogens is 2. The first kappa shape index (κ1) is 9.52. The van der Waals surface area contributed by atoms with Crippen LogP contribution in [0.4, 0.5) is 5.69 Å². The molecule has 2 N–H and O–H groups in total. The number of hydrogen-bond donors (Lipinski definition) is 1. The van der Waals surface area contributed by atoms with Crippen molar-refractivity contribution in [2.24, 2.45) is 0 Å². The lowest BCUT2D eigenvalue weighted by atomic mass is 10.1. The third-order valence-electron chi connectivity index (χ3n) is 2.92. The van der Waals surface area contributed by atoms with Gasteiger partial charge in [-0.3, -0.25) is 4.68 Å². The lowest BCUT2D eigenvalue weighted by Gasteiger charge is -2.15. The number of nitrogens with two attached hydrogens (primary N) is 1. The molecule has 0 aliphatic carbocycles. The molecule has 1 saturated heterocycles. The van der Waals surface area contributed by atoms with Gasteiger partial charge in [-0.1, -0.05) is 0 Å². The van der Waals surface area contributed by atoms with Gasteiger partial charge in [-0.2, -0.15) is 5.10 Å². The van der Waals surface area contributed by atoms with Gasteiger partial charge in [0.25, 0.3) is 0 Å². The Morgan fingerprint density at radius 3 is 3.00 bits per heavy atom. The standard InChI is InChI=1S/C10H18N4/c1-13-5-2-3-10(4-6-13)14-8-9(11)7-12-14/h7-8,10H,2-6,11H2,1H3. The number of anilines is 1. The number of likely N-dealkylation sites (tertiary alicyclic amines) is 1. The van der Waals surface area contributed by atoms with Gasteiger partial charge in [-0.15, -0.1) is 0 Å². The highest BCUT2D eigenvalue weighted by molar-refractivity contribution is 5.30. The Labute approximate surface area is 84.7 Å². The Kier molecular flexibility index (Phi) is 2.72. The zero-order valence-corrected chi connectivity index (χ0v) is 8.69. The molecular weight excluding hydrogens is 176 g/mol. The van der Waals surface area contributed by atoms with Crippen LogP contribution in [0.25, 0.3) is 0 Å². The summed E-state index contributed by atoms with van der Waals surface area (Å²) in [7, 11) is 2.18. The number of nitrogen functional groups attached to an aromatic ring is 1. The smallest absolute Gasteiger partial charge is 0.0719 e. The quantitative estimate of drug-likeness (QED) is 0.728. The average Bonchev–Trinajstić information content (AvgIpc) is 2.46. The summed E-state index contributed by atoms with van der Waals surface area (Å²) in [6, 6.07) is 0.539. The fourth-order valence-electron chi connectivity index (χ4n) is 2.04. The molecule has 1 fully saturated rings. The Morgan fingerprint density at radius 1 is 1.43 bits per heavy atom. The maximum absolute atomic E-state index is 5.66. The largest absolute Gasteiger partial charge is 0.396 e. The van der Waals surface area contributed by atoms with E-state index >= 15 is 0 Å². The van der Waals surface area contributed by atoms with Crippen LogP contribution in [-0.2, 0) is 0 Å². The van der Waals surface area contributed by atoms with Gasteiger partial charge in [0.15, 0.2) is 0 Å². The third kappa shape index (κ3) is 2.07. The van der Waals surface area contributed by atoms with Gasteiger partial charge < -0.3 is 10.6 Å². The molecule has 4 heteroatoms. The van der Waals surface area contributed by atoms with E-state index < -0.39 is 0 Å². The Morgan fingerprint density at radius 2 is 2.29 bits per heavy atom. The highest BCUT2D eigenvalue weighted by Crippen LogP contribution is 2.21. The van der Waals surface area contributed by atoms with Crippen LogP contribution < -0.4 is 5.73 Å². The molecule has 2 heterocycles. The van der Waals surface area contributed by atoms with E-state index in [1.807, 2.05) is 10.9 Å². The molecule has 14 heavy (non-hydrogen) atoms. The lowest BCUT2D eigenvalue weighted by molar-refractivity contribution is 0.337. The van der Waals surface area contributed by atoms with Crippen LogP contribution in [0, 0.1) is 0 Å². The first-order chi connectivity index (χ1) is 6.75. The summed E-state index contributed by atoms with van der Waals surface area (Å²) in [5.41, 5.74) is 6.42. The minimum atomic E-state index is 0.539. The molecule has 0 spiro atoms. The second kappa shape index (κ2) is 4.00. The highest BCUT2D eigenvalue weighted by Gasteiger charge is 2.16. The van der Waals surface area contributed by atoms with E-state index in [0.29, 0.717) is 6.04 Å². The summed E-state index contributed by atoms with van der Waals surface area (Å²) in [4.78, 5) is 2.38. The molecule has 0 amide bonds. The molecule has 1 aliphatic rings. The molecule has 0 saturated carbocycles. The van der Waals surface area contributed by atoms with Crippen molar-refractivity contribution in [2.45, 2.75) is 25.3 Å². The minimum absolute atomic E-state index is 0.539. The molecule has 1 unspecified atom stereocenters. The number of rotatable bonds is 1. The second-order valence-electron chi connectivity index (χ2n) is 4.14. The summed E-state index contributed by atoms with van der Waals surface area (Å²) >= 11 is 0. The number of nitrogens with zero attached hydrogens (tertiary/aromatic N) is 3. The van der Waals surface area contributed by atoms with Gasteiger partial charge in [0.1, 0.15) is 0 Å². The molecule has 78 valence electrons. The van der Waals surface area contributed by atoms with Crippen molar-refractivity contribution in [2.75, 3.05) is 25.9 Å². The molecule has 4 nitrogen and oxygen atoms in total. The predicted octanol–water partition coefficient (Wildman–Crippen LogP) is 1.12. The molecule has 0 bridgehead atoms. The van der Waals surface area contributed by atoms with Gasteiger partial charge in [0.2, 0.25) is 0 Å². The highest BCUT2D eigenvalue weighted by atomic mass is 15.3. The van der Waals surface area contributed by atoms with Gasteiger partial charge in [0, 0.05) is 6.20 Å². The van der Waals surface area contributed by atoms with E-state index in [1.165, 1.54) is 25.8 Å². The Hall–Kier alpha value is -1.03. The predicted molar refractivity (Wildman–Crippen MR) is 57.0 cm³/mol. The van der Waals surface area contributed by atoms with Crippen molar-refractivity contribution in [3.8, 4) is 0 Å². The maximum atomic E-state index is 5.66. The minimum Gasteiger partial charge on any atom is -0.396 e. The zero-order chi connectivity index (χ0) is 9.97. The molecule has 1 atom stereocenters. The van der Waals surface area contributed by atoms with Gasteiger partial charge in [-0.05, 0) is 39.4 Å². The first-order valence-electron chi connectivity index (χ1n) is 5.24. The monoisotopic (exact) mass is 194 g/mol. The van der Waals surface area contributed by atoms with Crippen molar-refractivity contribution in [1.82, 2.24) is 14.7 Å². The van der Waals surface area contributed by atoms with E-state index in [9.17, 15) is 0 Å². The number of hydrogen-bond acceptors (Lipinski definition) is 3. The fraction of sp³-hybridized carbons (Fsp3) is 0.700. The van der Waals surface area contributed by atoms with E-state index in [-0.39, 0.29) is 0 Å². The van der Waals surface area contributed by atoms with Crippen LogP contribution in [0.5, 0.6) is 0 Å². The Bertz CT molecular complexity index is 294. The van der Waals surface area contributed by atoms with Crippen LogP contribution in [0.3, 0.4) is 0 Å². The van der Waals surface area contributed by atoms with Crippen LogP contribution in [0.15, 0.2) is 12.4 Å². The molecule has 1 aliphatic heterocycles. The van der Waals surface area contributed by atoms with Crippen molar-refractivity contribution in [1.29, 1.82) is 0 Å². The summed E-state index contributed by atoms with van der Waals surface area (Å²) < 4.78 is 2.02. The first-order valence-corrected chi connectivity index (χ1v) is 5.24. The van der Waals surface area contributed by atoms with E-state index in [0.717, 1.165) is 12.2 Å². The fourth-order valence-corrected chi connectivity index (χ4v) is 2.04. The zero-order valence-electron chi connectivity index (χ0n) is 8.69. The molecule has 0 aromatic carbocycles. The maximum Gasteiger partial charge on any atom is 0.0719 e. The van der Waals surface area contributed by atoms with Crippen molar-refractivity contribution >= 4 is 5.69 Å². The lowest BCUT2D eigenvalue weighted by Crippen LogP contribution is -2.19. The van der Waals surface area contributed by atoms with Crippen molar-refractivity contribution in [3.05, 3.63) is 12.4 Å². The summed E-state index contributed by atoms with van der Waals surface area (Å²) in [5.74, 6) is 0. The molecule has 1 aromatic rings. The topological polar surface area (TPSA) is 47.1 Å². The Balaban J connectivity index is 2.04. The van der Waals surface area contributed by atoms with E-state index in [2.05, 4.69) is 17.0 Å². The molecule has 1 aromatic heterocycles. The van der Waals surface area contributed by atoms with Crippen molar-refractivity contribution in [3.63, 3.8) is 0 Å². The van der Waals surface area contributed by atoms with E-state index in [1.54, 1.807) is 6.20 Å². The molecular formula is C10H18N4.